The second-order valence-electron chi connectivity index (χ2n) is 2.95. The Bertz CT molecular complexity index is 215. The monoisotopic (exact) mass is 199 g/mol. The summed E-state index contributed by atoms with van der Waals surface area (Å²) < 4.78 is 4.56. The third-order valence-corrected chi connectivity index (χ3v) is 1.53. The number of esters is 1. The van der Waals surface area contributed by atoms with Crippen molar-refractivity contribution in [3.63, 3.8) is 0 Å². The summed E-state index contributed by atoms with van der Waals surface area (Å²) in [4.78, 5) is 20.6. The molecule has 1 aliphatic rings. The minimum atomic E-state index is -0.312. The Balaban J connectivity index is 0.000000249. The summed E-state index contributed by atoms with van der Waals surface area (Å²) in [6.45, 7) is 8.10. The number of amides is 1. The fraction of sp³-hybridized carbons (Fsp3) is 0.600. The van der Waals surface area contributed by atoms with E-state index in [4.69, 9.17) is 0 Å². The lowest BCUT2D eigenvalue weighted by molar-refractivity contribution is -0.138. The Morgan fingerprint density at radius 1 is 1.64 bits per heavy atom. The van der Waals surface area contributed by atoms with Crippen LogP contribution in [0.4, 0.5) is 0 Å². The zero-order valence-electron chi connectivity index (χ0n) is 8.76. The van der Waals surface area contributed by atoms with Crippen molar-refractivity contribution in [1.82, 2.24) is 5.32 Å². The Morgan fingerprint density at radius 2 is 2.29 bits per heavy atom. The minimum absolute atomic E-state index is 0.204. The molecule has 0 bridgehead atoms. The van der Waals surface area contributed by atoms with Crippen molar-refractivity contribution in [2.45, 2.75) is 26.7 Å². The molecule has 80 valence electrons. The van der Waals surface area contributed by atoms with Gasteiger partial charge in [0.15, 0.2) is 0 Å². The van der Waals surface area contributed by atoms with Gasteiger partial charge in [-0.15, -0.1) is 0 Å². The number of carbonyl (C=O) groups excluding carboxylic acids is 2. The summed E-state index contributed by atoms with van der Waals surface area (Å²) in [5.74, 6) is -0.109. The molecule has 1 fully saturated rings. The number of hydrogen-bond acceptors (Lipinski definition) is 3. The van der Waals surface area contributed by atoms with Gasteiger partial charge in [0, 0.05) is 18.5 Å². The lowest BCUT2D eigenvalue weighted by atomic mass is 10.4. The van der Waals surface area contributed by atoms with Gasteiger partial charge in [-0.05, 0) is 20.3 Å². The maximum Gasteiger partial charge on any atom is 0.333 e. The van der Waals surface area contributed by atoms with E-state index < -0.39 is 0 Å². The summed E-state index contributed by atoms with van der Waals surface area (Å²) >= 11 is 0. The van der Waals surface area contributed by atoms with Crippen LogP contribution in [0.15, 0.2) is 12.2 Å². The van der Waals surface area contributed by atoms with Gasteiger partial charge < -0.3 is 10.1 Å². The summed E-state index contributed by atoms with van der Waals surface area (Å²) in [7, 11) is 0. The van der Waals surface area contributed by atoms with Crippen LogP contribution in [0.1, 0.15) is 26.7 Å². The van der Waals surface area contributed by atoms with Crippen LogP contribution in [-0.2, 0) is 14.3 Å². The first-order valence-electron chi connectivity index (χ1n) is 4.67. The Kier molecular flexibility index (Phi) is 6.45. The zero-order chi connectivity index (χ0) is 11.0. The van der Waals surface area contributed by atoms with Crippen molar-refractivity contribution in [1.29, 1.82) is 0 Å². The lowest BCUT2D eigenvalue weighted by Gasteiger charge is -1.96. The van der Waals surface area contributed by atoms with Crippen LogP contribution in [0.25, 0.3) is 0 Å². The first-order valence-corrected chi connectivity index (χ1v) is 4.67. The smallest absolute Gasteiger partial charge is 0.333 e. The molecule has 1 heterocycles. The number of ether oxygens (including phenoxy) is 1. The fourth-order valence-electron chi connectivity index (χ4n) is 0.819. The largest absolute Gasteiger partial charge is 0.463 e. The third kappa shape index (κ3) is 6.22. The fourth-order valence-corrected chi connectivity index (χ4v) is 0.819. The number of carbonyl (C=O) groups is 2. The molecule has 0 aromatic carbocycles. The Hall–Kier alpha value is -1.32. The molecule has 0 radical (unpaired) electrons. The first kappa shape index (κ1) is 12.7. The van der Waals surface area contributed by atoms with Crippen molar-refractivity contribution in [2.75, 3.05) is 13.2 Å². The van der Waals surface area contributed by atoms with Crippen LogP contribution < -0.4 is 5.32 Å². The molecule has 0 spiro atoms. The van der Waals surface area contributed by atoms with Gasteiger partial charge in [-0.1, -0.05) is 6.58 Å². The summed E-state index contributed by atoms with van der Waals surface area (Å²) in [6, 6.07) is 0. The molecule has 1 amide bonds. The highest BCUT2D eigenvalue weighted by atomic mass is 16.5. The molecule has 0 atom stereocenters. The zero-order valence-corrected chi connectivity index (χ0v) is 8.76. The number of rotatable bonds is 2. The standard InChI is InChI=1S/C6H10O2.C4H7NO/c1-4-8-6(7)5(2)3;6-4-2-1-3-5-4/h2,4H2,1,3H3;1-3H2,(H,5,6). The van der Waals surface area contributed by atoms with Crippen LogP contribution in [0, 0.1) is 0 Å². The molecule has 1 rings (SSSR count). The second-order valence-corrected chi connectivity index (χ2v) is 2.95. The average molecular weight is 199 g/mol. The van der Waals surface area contributed by atoms with E-state index in [1.807, 2.05) is 0 Å². The quantitative estimate of drug-likeness (QED) is 0.533. The highest BCUT2D eigenvalue weighted by Gasteiger charge is 2.05. The molecule has 0 aromatic heterocycles. The van der Waals surface area contributed by atoms with Gasteiger partial charge >= 0.3 is 5.97 Å². The molecular formula is C10H17NO3. The van der Waals surface area contributed by atoms with E-state index in [0.717, 1.165) is 19.4 Å². The van der Waals surface area contributed by atoms with Gasteiger partial charge in [0.2, 0.25) is 5.91 Å². The molecule has 4 nitrogen and oxygen atoms in total. The SMILES string of the molecule is C=C(C)C(=O)OCC.O=C1CCCN1. The van der Waals surface area contributed by atoms with Crippen LogP contribution in [-0.4, -0.2) is 25.0 Å². The van der Waals surface area contributed by atoms with E-state index in [1.54, 1.807) is 13.8 Å². The first-order chi connectivity index (χ1) is 6.57. The number of hydrogen-bond donors (Lipinski definition) is 1. The molecule has 0 aromatic rings. The van der Waals surface area contributed by atoms with Gasteiger partial charge in [-0.25, -0.2) is 4.79 Å². The van der Waals surface area contributed by atoms with Gasteiger partial charge in [-0.2, -0.15) is 0 Å². The predicted octanol–water partition coefficient (Wildman–Crippen LogP) is 1.02. The third-order valence-electron chi connectivity index (χ3n) is 1.53. The Labute approximate surface area is 84.3 Å². The van der Waals surface area contributed by atoms with Crippen molar-refractivity contribution in [2.24, 2.45) is 0 Å². The molecule has 0 aliphatic carbocycles. The van der Waals surface area contributed by atoms with Crippen LogP contribution in [0.2, 0.25) is 0 Å². The lowest BCUT2D eigenvalue weighted by Crippen LogP contribution is -2.12. The normalized spacial score (nSPS) is 13.7. The molecule has 4 heteroatoms. The van der Waals surface area contributed by atoms with Crippen LogP contribution in [0.5, 0.6) is 0 Å². The molecular weight excluding hydrogens is 182 g/mol. The Morgan fingerprint density at radius 3 is 2.43 bits per heavy atom. The van der Waals surface area contributed by atoms with Gasteiger partial charge in [-0.3, -0.25) is 4.79 Å². The topological polar surface area (TPSA) is 55.4 Å². The molecule has 0 unspecified atom stereocenters. The van der Waals surface area contributed by atoms with Crippen molar-refractivity contribution >= 4 is 11.9 Å². The number of nitrogens with one attached hydrogen (secondary N) is 1. The van der Waals surface area contributed by atoms with Gasteiger partial charge in [0.1, 0.15) is 0 Å². The van der Waals surface area contributed by atoms with Gasteiger partial charge in [0.05, 0.1) is 6.61 Å². The van der Waals surface area contributed by atoms with Crippen LogP contribution >= 0.6 is 0 Å². The highest BCUT2D eigenvalue weighted by Crippen LogP contribution is 1.93. The second kappa shape index (κ2) is 7.12. The average Bonchev–Trinajstić information content (AvgIpc) is 2.57. The van der Waals surface area contributed by atoms with Crippen molar-refractivity contribution in [3.05, 3.63) is 12.2 Å². The van der Waals surface area contributed by atoms with E-state index >= 15 is 0 Å². The van der Waals surface area contributed by atoms with E-state index in [2.05, 4.69) is 16.6 Å². The van der Waals surface area contributed by atoms with E-state index in [-0.39, 0.29) is 11.9 Å². The maximum atomic E-state index is 10.4. The molecule has 14 heavy (non-hydrogen) atoms. The minimum Gasteiger partial charge on any atom is -0.463 e. The van der Waals surface area contributed by atoms with Crippen molar-refractivity contribution in [3.8, 4) is 0 Å². The van der Waals surface area contributed by atoms with Gasteiger partial charge in [0.25, 0.3) is 0 Å². The molecule has 0 saturated carbocycles. The highest BCUT2D eigenvalue weighted by molar-refractivity contribution is 5.86. The maximum absolute atomic E-state index is 10.4. The van der Waals surface area contributed by atoms with E-state index in [0.29, 0.717) is 12.2 Å². The van der Waals surface area contributed by atoms with Crippen molar-refractivity contribution < 1.29 is 14.3 Å². The molecule has 1 saturated heterocycles. The van der Waals surface area contributed by atoms with E-state index in [1.165, 1.54) is 0 Å². The molecule has 1 N–H and O–H groups in total. The molecule has 1 aliphatic heterocycles. The van der Waals surface area contributed by atoms with Crippen LogP contribution in [0.3, 0.4) is 0 Å². The summed E-state index contributed by atoms with van der Waals surface area (Å²) in [5, 5.41) is 2.68. The summed E-state index contributed by atoms with van der Waals surface area (Å²) in [5.41, 5.74) is 0.451. The summed E-state index contributed by atoms with van der Waals surface area (Å²) in [6.07, 6.45) is 1.76. The predicted molar refractivity (Wildman–Crippen MR) is 53.7 cm³/mol. The van der Waals surface area contributed by atoms with E-state index in [9.17, 15) is 9.59 Å².